The van der Waals surface area contributed by atoms with Crippen LogP contribution in [-0.4, -0.2) is 24.2 Å². The molecule has 0 aliphatic carbocycles. The van der Waals surface area contributed by atoms with Crippen molar-refractivity contribution < 1.29 is 4.74 Å². The molecule has 1 N–H and O–H groups in total. The molecule has 2 unspecified atom stereocenters. The lowest BCUT2D eigenvalue weighted by atomic mass is 9.99. The monoisotopic (exact) mass is 263 g/mol. The van der Waals surface area contributed by atoms with Gasteiger partial charge in [-0.25, -0.2) is 0 Å². The largest absolute Gasteiger partial charge is 0.375 e. The summed E-state index contributed by atoms with van der Waals surface area (Å²) in [5, 5.41) is 4.50. The molecule has 2 heterocycles. The molecule has 18 heavy (non-hydrogen) atoms. The van der Waals surface area contributed by atoms with Gasteiger partial charge >= 0.3 is 0 Å². The Morgan fingerprint density at radius 1 is 1.28 bits per heavy atom. The van der Waals surface area contributed by atoms with E-state index in [0.29, 0.717) is 6.04 Å². The van der Waals surface area contributed by atoms with E-state index in [1.807, 2.05) is 0 Å². The Morgan fingerprint density at radius 2 is 2.22 bits per heavy atom. The maximum atomic E-state index is 5.68. The molecule has 2 aliphatic heterocycles. The van der Waals surface area contributed by atoms with Gasteiger partial charge in [0.05, 0.1) is 19.3 Å². The van der Waals surface area contributed by atoms with E-state index < -0.39 is 0 Å². The zero-order valence-corrected chi connectivity index (χ0v) is 11.5. The number of thioether (sulfide) groups is 1. The van der Waals surface area contributed by atoms with Gasteiger partial charge in [-0.2, -0.15) is 11.8 Å². The molecular weight excluding hydrogens is 242 g/mol. The van der Waals surface area contributed by atoms with Gasteiger partial charge in [-0.05, 0) is 29.7 Å². The minimum Gasteiger partial charge on any atom is -0.375 e. The highest BCUT2D eigenvalue weighted by Crippen LogP contribution is 2.27. The molecule has 2 nitrogen and oxygen atoms in total. The molecule has 1 aromatic carbocycles. The third kappa shape index (κ3) is 2.90. The average molecular weight is 263 g/mol. The summed E-state index contributed by atoms with van der Waals surface area (Å²) in [6, 6.07) is 9.04. The van der Waals surface area contributed by atoms with Crippen molar-refractivity contribution in [2.24, 2.45) is 0 Å². The van der Waals surface area contributed by atoms with Crippen molar-refractivity contribution in [2.45, 2.75) is 37.2 Å². The van der Waals surface area contributed by atoms with Gasteiger partial charge in [0.15, 0.2) is 0 Å². The number of hydrogen-bond donors (Lipinski definition) is 1. The molecule has 1 saturated heterocycles. The summed E-state index contributed by atoms with van der Waals surface area (Å²) < 4.78 is 5.68. The first-order valence-electron chi connectivity index (χ1n) is 6.94. The molecule has 0 radical (unpaired) electrons. The third-order valence-electron chi connectivity index (χ3n) is 3.84. The molecule has 3 heteroatoms. The van der Waals surface area contributed by atoms with Crippen LogP contribution in [-0.2, 0) is 11.3 Å². The summed E-state index contributed by atoms with van der Waals surface area (Å²) in [7, 11) is 0. The highest BCUT2D eigenvalue weighted by atomic mass is 32.2. The smallest absolute Gasteiger partial charge is 0.0721 e. The number of rotatable bonds is 3. The first-order chi connectivity index (χ1) is 8.93. The Labute approximate surface area is 113 Å². The van der Waals surface area contributed by atoms with E-state index in [1.165, 1.54) is 36.1 Å². The molecule has 0 amide bonds. The lowest BCUT2D eigenvalue weighted by Crippen LogP contribution is -2.34. The molecule has 3 rings (SSSR count). The highest BCUT2D eigenvalue weighted by molar-refractivity contribution is 7.99. The van der Waals surface area contributed by atoms with Crippen molar-refractivity contribution >= 4 is 11.8 Å². The van der Waals surface area contributed by atoms with E-state index in [-0.39, 0.29) is 0 Å². The number of ether oxygens (including phenoxy) is 1. The maximum absolute atomic E-state index is 5.68. The van der Waals surface area contributed by atoms with Gasteiger partial charge in [-0.3, -0.25) is 0 Å². The maximum Gasteiger partial charge on any atom is 0.0721 e. The van der Waals surface area contributed by atoms with E-state index in [2.05, 4.69) is 41.3 Å². The van der Waals surface area contributed by atoms with Crippen molar-refractivity contribution in [3.8, 4) is 0 Å². The van der Waals surface area contributed by atoms with Crippen LogP contribution in [0.3, 0.4) is 0 Å². The lowest BCUT2D eigenvalue weighted by molar-refractivity contribution is 0.0822. The van der Waals surface area contributed by atoms with Crippen molar-refractivity contribution in [3.63, 3.8) is 0 Å². The summed E-state index contributed by atoms with van der Waals surface area (Å²) in [6.07, 6.45) is 4.17. The Balaban J connectivity index is 1.60. The Kier molecular flexibility index (Phi) is 4.24. The van der Waals surface area contributed by atoms with Crippen LogP contribution >= 0.6 is 11.8 Å². The first-order valence-corrected chi connectivity index (χ1v) is 7.99. The summed E-state index contributed by atoms with van der Waals surface area (Å²) in [5.41, 5.74) is 2.78. The van der Waals surface area contributed by atoms with Gasteiger partial charge in [0.1, 0.15) is 0 Å². The van der Waals surface area contributed by atoms with E-state index >= 15 is 0 Å². The molecule has 98 valence electrons. The van der Waals surface area contributed by atoms with Gasteiger partial charge in [0, 0.05) is 11.8 Å². The van der Waals surface area contributed by atoms with Crippen molar-refractivity contribution in [3.05, 3.63) is 35.4 Å². The SMILES string of the molecule is c1ccc2c(c1)COCC2NCC1CCCCS1. The fourth-order valence-electron chi connectivity index (χ4n) is 2.79. The van der Waals surface area contributed by atoms with Gasteiger partial charge in [0.2, 0.25) is 0 Å². The molecule has 0 bridgehead atoms. The Bertz CT molecular complexity index is 390. The summed E-state index contributed by atoms with van der Waals surface area (Å²) in [4.78, 5) is 0. The summed E-state index contributed by atoms with van der Waals surface area (Å²) >= 11 is 2.13. The summed E-state index contributed by atoms with van der Waals surface area (Å²) in [6.45, 7) is 2.70. The first kappa shape index (κ1) is 12.5. The molecule has 0 spiro atoms. The van der Waals surface area contributed by atoms with Gasteiger partial charge in [-0.1, -0.05) is 30.7 Å². The van der Waals surface area contributed by atoms with Crippen LogP contribution in [0.1, 0.15) is 36.4 Å². The third-order valence-corrected chi connectivity index (χ3v) is 5.24. The molecule has 2 atom stereocenters. The predicted molar refractivity (Wildman–Crippen MR) is 76.9 cm³/mol. The standard InChI is InChI=1S/C15H21NOS/c1-2-7-14-12(5-1)10-17-11-15(14)16-9-13-6-3-4-8-18-13/h1-2,5,7,13,15-16H,3-4,6,8-11H2. The van der Waals surface area contributed by atoms with E-state index in [4.69, 9.17) is 4.74 Å². The molecule has 0 saturated carbocycles. The number of hydrogen-bond acceptors (Lipinski definition) is 3. The van der Waals surface area contributed by atoms with Crippen LogP contribution < -0.4 is 5.32 Å². The lowest BCUT2D eigenvalue weighted by Gasteiger charge is -2.29. The molecule has 0 aromatic heterocycles. The fourth-order valence-corrected chi connectivity index (χ4v) is 4.04. The van der Waals surface area contributed by atoms with Crippen LogP contribution in [0.2, 0.25) is 0 Å². The Hall–Kier alpha value is -0.510. The second-order valence-electron chi connectivity index (χ2n) is 5.16. The quantitative estimate of drug-likeness (QED) is 0.905. The molecule has 1 fully saturated rings. The minimum atomic E-state index is 0.387. The second kappa shape index (κ2) is 6.09. The Morgan fingerprint density at radius 3 is 3.11 bits per heavy atom. The van der Waals surface area contributed by atoms with Crippen molar-refractivity contribution in [1.82, 2.24) is 5.32 Å². The zero-order valence-electron chi connectivity index (χ0n) is 10.7. The van der Waals surface area contributed by atoms with E-state index in [1.54, 1.807) is 0 Å². The molecular formula is C15H21NOS. The van der Waals surface area contributed by atoms with Crippen molar-refractivity contribution in [1.29, 1.82) is 0 Å². The van der Waals surface area contributed by atoms with Crippen LogP contribution in [0.25, 0.3) is 0 Å². The van der Waals surface area contributed by atoms with E-state index in [9.17, 15) is 0 Å². The van der Waals surface area contributed by atoms with Crippen LogP contribution in [0, 0.1) is 0 Å². The fraction of sp³-hybridized carbons (Fsp3) is 0.600. The van der Waals surface area contributed by atoms with Crippen LogP contribution in [0.15, 0.2) is 24.3 Å². The zero-order chi connectivity index (χ0) is 12.2. The topological polar surface area (TPSA) is 21.3 Å². The van der Waals surface area contributed by atoms with Crippen LogP contribution in [0.5, 0.6) is 0 Å². The number of benzene rings is 1. The predicted octanol–water partition coefficient (Wildman–Crippen LogP) is 3.13. The number of fused-ring (bicyclic) bond motifs is 1. The van der Waals surface area contributed by atoms with Crippen molar-refractivity contribution in [2.75, 3.05) is 18.9 Å². The van der Waals surface area contributed by atoms with E-state index in [0.717, 1.165) is 25.0 Å². The normalized spacial score (nSPS) is 27.8. The second-order valence-corrected chi connectivity index (χ2v) is 6.57. The number of nitrogens with one attached hydrogen (secondary N) is 1. The average Bonchev–Trinajstić information content (AvgIpc) is 2.46. The molecule has 1 aromatic rings. The van der Waals surface area contributed by atoms with Gasteiger partial charge in [0.25, 0.3) is 0 Å². The highest BCUT2D eigenvalue weighted by Gasteiger charge is 2.21. The molecule has 2 aliphatic rings. The van der Waals surface area contributed by atoms with Gasteiger partial charge < -0.3 is 10.1 Å². The van der Waals surface area contributed by atoms with Gasteiger partial charge in [-0.15, -0.1) is 0 Å². The minimum absolute atomic E-state index is 0.387. The van der Waals surface area contributed by atoms with Crippen LogP contribution in [0.4, 0.5) is 0 Å². The summed E-state index contributed by atoms with van der Waals surface area (Å²) in [5.74, 6) is 1.34.